The number of anilines is 1. The van der Waals surface area contributed by atoms with Crippen molar-refractivity contribution in [3.63, 3.8) is 0 Å². The summed E-state index contributed by atoms with van der Waals surface area (Å²) in [6.45, 7) is 7.62. The zero-order chi connectivity index (χ0) is 20.4. The van der Waals surface area contributed by atoms with Crippen molar-refractivity contribution in [1.29, 1.82) is 0 Å². The van der Waals surface area contributed by atoms with Gasteiger partial charge in [0.25, 0.3) is 0 Å². The van der Waals surface area contributed by atoms with Crippen molar-refractivity contribution in [3.05, 3.63) is 65.2 Å². The molecule has 0 unspecified atom stereocenters. The molecule has 2 heterocycles. The summed E-state index contributed by atoms with van der Waals surface area (Å²) in [5.41, 5.74) is 2.67. The average Bonchev–Trinajstić information content (AvgIpc) is 2.89. The van der Waals surface area contributed by atoms with Crippen LogP contribution in [0.1, 0.15) is 25.0 Å². The molecule has 0 bridgehead atoms. The summed E-state index contributed by atoms with van der Waals surface area (Å²) in [6, 6.07) is 11.4. The first-order valence-electron chi connectivity index (χ1n) is 9.82. The Morgan fingerprint density at radius 2 is 1.69 bits per heavy atom. The van der Waals surface area contributed by atoms with Gasteiger partial charge >= 0.3 is 0 Å². The Labute approximate surface area is 169 Å². The number of hydrogen-bond donors (Lipinski definition) is 0. The minimum atomic E-state index is -0.626. The van der Waals surface area contributed by atoms with Gasteiger partial charge in [-0.3, -0.25) is 9.89 Å². The van der Waals surface area contributed by atoms with E-state index in [1.807, 2.05) is 24.3 Å². The van der Waals surface area contributed by atoms with E-state index in [1.54, 1.807) is 0 Å². The molecule has 2 aliphatic heterocycles. The minimum Gasteiger partial charge on any atom is -0.320 e. The highest BCUT2D eigenvalue weighted by Crippen LogP contribution is 2.29. The van der Waals surface area contributed by atoms with Crippen molar-refractivity contribution in [2.24, 2.45) is 15.2 Å². The highest BCUT2D eigenvalue weighted by molar-refractivity contribution is 6.21. The molecule has 150 valence electrons. The van der Waals surface area contributed by atoms with Gasteiger partial charge in [-0.15, -0.1) is 5.10 Å². The van der Waals surface area contributed by atoms with E-state index >= 15 is 0 Å². The predicted octanol–water partition coefficient (Wildman–Crippen LogP) is 3.73. The van der Waals surface area contributed by atoms with Gasteiger partial charge < -0.3 is 4.90 Å². The van der Waals surface area contributed by atoms with Crippen LogP contribution in [0.15, 0.2) is 57.7 Å². The molecule has 2 aliphatic rings. The van der Waals surface area contributed by atoms with Crippen molar-refractivity contribution in [1.82, 2.24) is 4.90 Å². The van der Waals surface area contributed by atoms with Gasteiger partial charge in [-0.05, 0) is 31.3 Å². The predicted molar refractivity (Wildman–Crippen MR) is 113 cm³/mol. The maximum atomic E-state index is 14.5. The molecule has 0 spiro atoms. The Balaban J connectivity index is 1.76. The maximum Gasteiger partial charge on any atom is 0.154 e. The molecule has 4 rings (SSSR count). The first-order valence-corrected chi connectivity index (χ1v) is 9.82. The zero-order valence-electron chi connectivity index (χ0n) is 16.6. The van der Waals surface area contributed by atoms with Crippen LogP contribution in [-0.4, -0.2) is 54.9 Å². The number of fused-ring (bicyclic) bond motifs is 3. The lowest BCUT2D eigenvalue weighted by atomic mass is 9.99. The van der Waals surface area contributed by atoms with Crippen LogP contribution in [-0.2, 0) is 0 Å². The number of aliphatic imine (C=N–C) groups is 1. The Morgan fingerprint density at radius 1 is 0.966 bits per heavy atom. The highest BCUT2D eigenvalue weighted by atomic mass is 19.1. The number of halogens is 2. The van der Waals surface area contributed by atoms with E-state index in [1.165, 1.54) is 18.2 Å². The summed E-state index contributed by atoms with van der Waals surface area (Å²) in [5, 5.41) is 8.80. The second kappa shape index (κ2) is 8.21. The van der Waals surface area contributed by atoms with Crippen LogP contribution in [0.2, 0.25) is 0 Å². The zero-order valence-corrected chi connectivity index (χ0v) is 16.6. The van der Waals surface area contributed by atoms with Crippen LogP contribution in [0.5, 0.6) is 0 Å². The Morgan fingerprint density at radius 3 is 2.41 bits per heavy atom. The molecular formula is C22H23F2N5. The molecule has 0 atom stereocenters. The second-order valence-corrected chi connectivity index (χ2v) is 7.01. The van der Waals surface area contributed by atoms with E-state index in [9.17, 15) is 8.78 Å². The summed E-state index contributed by atoms with van der Waals surface area (Å²) >= 11 is 0. The van der Waals surface area contributed by atoms with E-state index in [-0.39, 0.29) is 12.1 Å². The molecule has 29 heavy (non-hydrogen) atoms. The van der Waals surface area contributed by atoms with Crippen molar-refractivity contribution in [2.75, 3.05) is 37.6 Å². The maximum absolute atomic E-state index is 14.5. The van der Waals surface area contributed by atoms with Crippen molar-refractivity contribution >= 4 is 22.9 Å². The van der Waals surface area contributed by atoms with Crippen LogP contribution in [0, 0.1) is 11.6 Å². The standard InChI is InChI=1S/C22H23F2N5/c1-3-28(4-2)13-15-14-29-19-11-6-5-8-16(19)22(25-12-20(29)27-26-15)21-17(23)9-7-10-18(21)24/h5-11H,3-4,12-14H2,1-2H3. The van der Waals surface area contributed by atoms with Gasteiger partial charge in [-0.2, -0.15) is 5.10 Å². The summed E-state index contributed by atoms with van der Waals surface area (Å²) < 4.78 is 29.0. The van der Waals surface area contributed by atoms with Crippen molar-refractivity contribution < 1.29 is 8.78 Å². The molecule has 2 aromatic carbocycles. The van der Waals surface area contributed by atoms with Crippen LogP contribution in [0.3, 0.4) is 0 Å². The molecule has 0 fully saturated rings. The third-order valence-electron chi connectivity index (χ3n) is 5.29. The van der Waals surface area contributed by atoms with Crippen LogP contribution < -0.4 is 4.90 Å². The van der Waals surface area contributed by atoms with Gasteiger partial charge in [-0.1, -0.05) is 38.1 Å². The largest absolute Gasteiger partial charge is 0.320 e. The van der Waals surface area contributed by atoms with Gasteiger partial charge in [0, 0.05) is 12.1 Å². The summed E-state index contributed by atoms with van der Waals surface area (Å²) in [7, 11) is 0. The van der Waals surface area contributed by atoms with Crippen LogP contribution >= 0.6 is 0 Å². The first kappa shape index (κ1) is 19.4. The molecule has 0 aliphatic carbocycles. The van der Waals surface area contributed by atoms with Crippen molar-refractivity contribution in [3.8, 4) is 0 Å². The van der Waals surface area contributed by atoms with E-state index < -0.39 is 11.6 Å². The normalized spacial score (nSPS) is 15.9. The van der Waals surface area contributed by atoms with Crippen LogP contribution in [0.25, 0.3) is 0 Å². The topological polar surface area (TPSA) is 43.6 Å². The van der Waals surface area contributed by atoms with Gasteiger partial charge in [0.2, 0.25) is 0 Å². The number of benzene rings is 2. The van der Waals surface area contributed by atoms with Gasteiger partial charge in [0.1, 0.15) is 11.6 Å². The Hall–Kier alpha value is -2.93. The van der Waals surface area contributed by atoms with E-state index in [0.717, 1.165) is 31.0 Å². The molecule has 0 saturated heterocycles. The lowest BCUT2D eigenvalue weighted by molar-refractivity contribution is 0.345. The molecule has 0 saturated carbocycles. The monoisotopic (exact) mass is 395 g/mol. The summed E-state index contributed by atoms with van der Waals surface area (Å²) in [5.74, 6) is -0.579. The average molecular weight is 395 g/mol. The molecule has 0 N–H and O–H groups in total. The fourth-order valence-corrected chi connectivity index (χ4v) is 3.70. The van der Waals surface area contributed by atoms with Gasteiger partial charge in [0.15, 0.2) is 5.84 Å². The van der Waals surface area contributed by atoms with E-state index in [4.69, 9.17) is 0 Å². The third-order valence-corrected chi connectivity index (χ3v) is 5.29. The molecule has 0 aromatic heterocycles. The lowest BCUT2D eigenvalue weighted by Crippen LogP contribution is -2.43. The molecule has 0 amide bonds. The minimum absolute atomic E-state index is 0.107. The van der Waals surface area contributed by atoms with Crippen molar-refractivity contribution in [2.45, 2.75) is 13.8 Å². The number of para-hydroxylation sites is 1. The number of amidine groups is 1. The molecule has 0 radical (unpaired) electrons. The Kier molecular flexibility index (Phi) is 5.49. The van der Waals surface area contributed by atoms with Gasteiger partial charge in [-0.25, -0.2) is 8.78 Å². The molecule has 5 nitrogen and oxygen atoms in total. The lowest BCUT2D eigenvalue weighted by Gasteiger charge is -2.30. The van der Waals surface area contributed by atoms with E-state index in [2.05, 4.69) is 38.8 Å². The number of nitrogens with zero attached hydrogens (tertiary/aromatic N) is 5. The molecular weight excluding hydrogens is 372 g/mol. The number of rotatable bonds is 5. The molecule has 2 aromatic rings. The number of hydrogen-bond acceptors (Lipinski definition) is 5. The first-order chi connectivity index (χ1) is 14.1. The molecule has 7 heteroatoms. The SMILES string of the molecule is CCN(CC)CC1=NN=C2CN=C(c3c(F)cccc3F)c3ccccc3N2C1. The van der Waals surface area contributed by atoms with Crippen LogP contribution in [0.4, 0.5) is 14.5 Å². The fourth-order valence-electron chi connectivity index (χ4n) is 3.70. The third kappa shape index (κ3) is 3.70. The smallest absolute Gasteiger partial charge is 0.154 e. The quantitative estimate of drug-likeness (QED) is 0.774. The van der Waals surface area contributed by atoms with Gasteiger partial charge in [0.05, 0.1) is 35.8 Å². The van der Waals surface area contributed by atoms with E-state index in [0.29, 0.717) is 23.7 Å². The highest BCUT2D eigenvalue weighted by Gasteiger charge is 2.29. The summed E-state index contributed by atoms with van der Waals surface area (Å²) in [4.78, 5) is 8.87. The summed E-state index contributed by atoms with van der Waals surface area (Å²) in [6.07, 6.45) is 0. The second-order valence-electron chi connectivity index (χ2n) is 7.01. The Bertz CT molecular complexity index is 988. The fraction of sp³-hybridized carbons (Fsp3) is 0.318.